The van der Waals surface area contributed by atoms with Gasteiger partial charge >= 0.3 is 7.67 Å². The maximum atomic E-state index is 11.4. The van der Waals surface area contributed by atoms with Crippen molar-refractivity contribution in [2.24, 2.45) is 5.50 Å². The van der Waals surface area contributed by atoms with Gasteiger partial charge in [-0.25, -0.2) is 10.2 Å². The largest absolute Gasteiger partial charge is 0.340 e. The van der Waals surface area contributed by atoms with Crippen LogP contribution in [-0.4, -0.2) is 29.7 Å². The molecule has 0 amide bonds. The third-order valence-corrected chi connectivity index (χ3v) is 3.67. The second-order valence-electron chi connectivity index (χ2n) is 2.39. The minimum atomic E-state index is -2.91. The van der Waals surface area contributed by atoms with Crippen molar-refractivity contribution in [3.63, 3.8) is 0 Å². The van der Waals surface area contributed by atoms with Crippen LogP contribution < -0.4 is 5.50 Å². The topological polar surface area (TPSA) is 55.6 Å². The fourth-order valence-electron chi connectivity index (χ4n) is 1.01. The molecule has 1 unspecified atom stereocenters. The molecule has 0 radical (unpaired) electrons. The average Bonchev–Trinajstić information content (AvgIpc) is 1.94. The normalized spacial score (nSPS) is 34.0. The smallest absolute Gasteiger partial charge is 0.306 e. The lowest BCUT2D eigenvalue weighted by Crippen LogP contribution is -2.33. The van der Waals surface area contributed by atoms with Crippen LogP contribution in [-0.2, 0) is 9.09 Å². The van der Waals surface area contributed by atoms with Crippen molar-refractivity contribution in [1.29, 1.82) is 0 Å². The zero-order chi connectivity index (χ0) is 8.32. The summed E-state index contributed by atoms with van der Waals surface area (Å²) in [7, 11) is -2.91. The van der Waals surface area contributed by atoms with Crippen molar-refractivity contribution in [2.45, 2.75) is 6.42 Å². The molecule has 0 aliphatic carbocycles. The predicted octanol–water partition coefficient (Wildman–Crippen LogP) is 1.17. The fourth-order valence-corrected chi connectivity index (χ4v) is 3.07. The van der Waals surface area contributed by atoms with Crippen molar-refractivity contribution < 1.29 is 9.09 Å². The molecule has 0 aromatic heterocycles. The van der Waals surface area contributed by atoms with Gasteiger partial charge in [-0.15, -0.1) is 0 Å². The van der Waals surface area contributed by atoms with E-state index in [0.717, 1.165) is 18.3 Å². The van der Waals surface area contributed by atoms with Crippen LogP contribution in [0.4, 0.5) is 0 Å². The Hall–Kier alpha value is 0.590. The highest BCUT2D eigenvalue weighted by Crippen LogP contribution is 2.44. The highest BCUT2D eigenvalue weighted by Gasteiger charge is 2.29. The summed E-state index contributed by atoms with van der Waals surface area (Å²) in [6.07, 6.45) is 0.911. The fraction of sp³-hybridized carbons (Fsp3) is 1.00. The average molecular weight is 243 g/mol. The first kappa shape index (κ1) is 9.68. The van der Waals surface area contributed by atoms with E-state index in [2.05, 4.69) is 15.9 Å². The van der Waals surface area contributed by atoms with Crippen LogP contribution in [0, 0.1) is 0 Å². The summed E-state index contributed by atoms with van der Waals surface area (Å²) in [6.45, 7) is 1.99. The molecule has 0 aromatic carbocycles. The zero-order valence-corrected chi connectivity index (χ0v) is 8.68. The zero-order valence-electron chi connectivity index (χ0n) is 6.20. The molecule has 1 aliphatic rings. The third kappa shape index (κ3) is 2.53. The van der Waals surface area contributed by atoms with E-state index in [1.54, 1.807) is 4.67 Å². The number of halogens is 1. The van der Waals surface area contributed by atoms with Crippen LogP contribution in [0.2, 0.25) is 0 Å². The van der Waals surface area contributed by atoms with Gasteiger partial charge in [0, 0.05) is 18.4 Å². The standard InChI is InChI=1S/C5H12BrN2O2P/c6-2-4-8-3-1-5-10-11(8,7)9/h1-5H2,(H2,7,9). The molecule has 66 valence electrons. The van der Waals surface area contributed by atoms with E-state index in [1.807, 2.05) is 0 Å². The molecule has 11 heavy (non-hydrogen) atoms. The van der Waals surface area contributed by atoms with Crippen LogP contribution >= 0.6 is 23.6 Å². The van der Waals surface area contributed by atoms with Gasteiger partial charge in [0.2, 0.25) is 0 Å². The van der Waals surface area contributed by atoms with E-state index < -0.39 is 7.67 Å². The summed E-state index contributed by atoms with van der Waals surface area (Å²) < 4.78 is 18.1. The molecule has 0 bridgehead atoms. The number of hydrogen-bond donors (Lipinski definition) is 1. The van der Waals surface area contributed by atoms with Crippen molar-refractivity contribution in [1.82, 2.24) is 4.67 Å². The Bertz CT molecular complexity index is 176. The number of nitrogens with two attached hydrogens (primary N) is 1. The molecule has 1 heterocycles. The van der Waals surface area contributed by atoms with E-state index >= 15 is 0 Å². The van der Waals surface area contributed by atoms with Crippen LogP contribution in [0.1, 0.15) is 6.42 Å². The molecule has 6 heteroatoms. The highest BCUT2D eigenvalue weighted by molar-refractivity contribution is 9.09. The van der Waals surface area contributed by atoms with E-state index in [9.17, 15) is 4.57 Å². The molecular formula is C5H12BrN2O2P. The molecule has 0 spiro atoms. The Labute approximate surface area is 74.8 Å². The van der Waals surface area contributed by atoms with Crippen molar-refractivity contribution in [2.75, 3.05) is 25.0 Å². The molecule has 1 fully saturated rings. The third-order valence-electron chi connectivity index (χ3n) is 1.57. The van der Waals surface area contributed by atoms with Crippen LogP contribution in [0.25, 0.3) is 0 Å². The summed E-state index contributed by atoms with van der Waals surface area (Å²) in [5.41, 5.74) is 5.45. The summed E-state index contributed by atoms with van der Waals surface area (Å²) in [5, 5.41) is 0.775. The van der Waals surface area contributed by atoms with E-state index in [0.29, 0.717) is 13.2 Å². The summed E-state index contributed by atoms with van der Waals surface area (Å²) in [4.78, 5) is 0. The Morgan fingerprint density at radius 3 is 3.00 bits per heavy atom. The van der Waals surface area contributed by atoms with Gasteiger partial charge < -0.3 is 4.52 Å². The van der Waals surface area contributed by atoms with E-state index in [4.69, 9.17) is 10.0 Å². The summed E-state index contributed by atoms with van der Waals surface area (Å²) in [6, 6.07) is 0. The predicted molar refractivity (Wildman–Crippen MR) is 47.7 cm³/mol. The maximum Gasteiger partial charge on any atom is 0.340 e. The Kier molecular flexibility index (Phi) is 3.52. The monoisotopic (exact) mass is 242 g/mol. The second kappa shape index (κ2) is 4.01. The second-order valence-corrected chi connectivity index (χ2v) is 5.14. The van der Waals surface area contributed by atoms with Crippen LogP contribution in [0.15, 0.2) is 0 Å². The molecule has 4 nitrogen and oxygen atoms in total. The molecule has 1 saturated heterocycles. The summed E-state index contributed by atoms with van der Waals surface area (Å²) >= 11 is 3.26. The highest BCUT2D eigenvalue weighted by atomic mass is 79.9. The SMILES string of the molecule is NP1(=O)OCCCN1CCBr. The Morgan fingerprint density at radius 2 is 2.45 bits per heavy atom. The first-order valence-corrected chi connectivity index (χ1v) is 6.28. The number of alkyl halides is 1. The lowest BCUT2D eigenvalue weighted by atomic mass is 10.4. The first-order chi connectivity index (χ1) is 5.17. The van der Waals surface area contributed by atoms with Gasteiger partial charge in [0.25, 0.3) is 0 Å². The maximum absolute atomic E-state index is 11.4. The van der Waals surface area contributed by atoms with E-state index in [-0.39, 0.29) is 0 Å². The molecule has 0 saturated carbocycles. The molecular weight excluding hydrogens is 231 g/mol. The van der Waals surface area contributed by atoms with Gasteiger partial charge in [-0.3, -0.25) is 4.57 Å². The lowest BCUT2D eigenvalue weighted by Gasteiger charge is -2.31. The van der Waals surface area contributed by atoms with Crippen molar-refractivity contribution in [3.05, 3.63) is 0 Å². The van der Waals surface area contributed by atoms with Gasteiger partial charge in [-0.1, -0.05) is 15.9 Å². The van der Waals surface area contributed by atoms with Crippen molar-refractivity contribution >= 4 is 23.6 Å². The van der Waals surface area contributed by atoms with Crippen molar-refractivity contribution in [3.8, 4) is 0 Å². The minimum Gasteiger partial charge on any atom is -0.306 e. The lowest BCUT2D eigenvalue weighted by molar-refractivity contribution is 0.211. The number of hydrogen-bond acceptors (Lipinski definition) is 2. The minimum absolute atomic E-state index is 0.520. The number of nitrogens with zero attached hydrogens (tertiary/aromatic N) is 1. The van der Waals surface area contributed by atoms with Gasteiger partial charge in [0.05, 0.1) is 6.61 Å². The number of rotatable bonds is 2. The van der Waals surface area contributed by atoms with Crippen LogP contribution in [0.5, 0.6) is 0 Å². The molecule has 2 N–H and O–H groups in total. The molecule has 1 aliphatic heterocycles. The van der Waals surface area contributed by atoms with Crippen LogP contribution in [0.3, 0.4) is 0 Å². The van der Waals surface area contributed by atoms with Gasteiger partial charge in [-0.2, -0.15) is 0 Å². The summed E-state index contributed by atoms with van der Waals surface area (Å²) in [5.74, 6) is 0. The molecule has 0 aromatic rings. The van der Waals surface area contributed by atoms with Gasteiger partial charge in [0.15, 0.2) is 0 Å². The van der Waals surface area contributed by atoms with Gasteiger partial charge in [0.1, 0.15) is 0 Å². The molecule has 1 rings (SSSR count). The quantitative estimate of drug-likeness (QED) is 0.584. The van der Waals surface area contributed by atoms with E-state index in [1.165, 1.54) is 0 Å². The molecule has 1 atom stereocenters. The first-order valence-electron chi connectivity index (χ1n) is 3.51. The Morgan fingerprint density at radius 1 is 1.73 bits per heavy atom. The van der Waals surface area contributed by atoms with Gasteiger partial charge in [-0.05, 0) is 6.42 Å². The Balaban J connectivity index is 2.53.